The molecule has 25 heavy (non-hydrogen) atoms. The average molecular weight is 357 g/mol. The summed E-state index contributed by atoms with van der Waals surface area (Å²) in [6, 6.07) is 0. The number of carbonyl (C=O) groups excluding carboxylic acids is 2. The summed E-state index contributed by atoms with van der Waals surface area (Å²) in [7, 11) is 3.44. The highest BCUT2D eigenvalue weighted by molar-refractivity contribution is 5.77. The molecular formula is C20H40N2O3. The minimum atomic E-state index is 0.134. The van der Waals surface area contributed by atoms with Gasteiger partial charge in [-0.25, -0.2) is 0 Å². The molecule has 0 aromatic rings. The molecule has 2 heterocycles. The maximum atomic E-state index is 11.5. The molecule has 0 aromatic carbocycles. The van der Waals surface area contributed by atoms with E-state index in [1.807, 2.05) is 25.8 Å². The van der Waals surface area contributed by atoms with Crippen molar-refractivity contribution in [3.8, 4) is 0 Å². The maximum Gasteiger partial charge on any atom is 0.248 e. The number of rotatable bonds is 3. The number of hydrogen-bond acceptors (Lipinski definition) is 3. The number of amides is 2. The minimum absolute atomic E-state index is 0.134. The van der Waals surface area contributed by atoms with Crippen molar-refractivity contribution in [2.75, 3.05) is 40.4 Å². The standard InChI is InChI=1S/C11H21NO2.C7H13NO.C2H6/c1-9(2)10-4-6-12(7-5-10)11(13)8-14-3;1-6-3-4-8(2)7(9)5-6;1-2/h9-10H,4-8H2,1-3H3;6H,3-5H2,1-2H3;1-2H3. The van der Waals surface area contributed by atoms with Crippen molar-refractivity contribution in [3.63, 3.8) is 0 Å². The fourth-order valence-electron chi connectivity index (χ4n) is 3.13. The lowest BCUT2D eigenvalue weighted by Gasteiger charge is -2.33. The molecule has 0 spiro atoms. The van der Waals surface area contributed by atoms with Gasteiger partial charge in [0.2, 0.25) is 11.8 Å². The number of hydrogen-bond donors (Lipinski definition) is 0. The lowest BCUT2D eigenvalue weighted by atomic mass is 9.87. The molecule has 2 saturated heterocycles. The maximum absolute atomic E-state index is 11.5. The van der Waals surface area contributed by atoms with Gasteiger partial charge in [0, 0.05) is 40.2 Å². The average Bonchev–Trinajstić information content (AvgIpc) is 2.61. The quantitative estimate of drug-likeness (QED) is 0.778. The molecule has 1 atom stereocenters. The van der Waals surface area contributed by atoms with Crippen LogP contribution in [-0.4, -0.2) is 62.0 Å². The molecular weight excluding hydrogens is 316 g/mol. The summed E-state index contributed by atoms with van der Waals surface area (Å²) in [5.41, 5.74) is 0. The van der Waals surface area contributed by atoms with Gasteiger partial charge in [0.25, 0.3) is 0 Å². The van der Waals surface area contributed by atoms with Crippen LogP contribution in [0.1, 0.15) is 60.3 Å². The summed E-state index contributed by atoms with van der Waals surface area (Å²) in [6.45, 7) is 13.6. The molecule has 2 rings (SSSR count). The summed E-state index contributed by atoms with van der Waals surface area (Å²) in [4.78, 5) is 26.1. The lowest BCUT2D eigenvalue weighted by molar-refractivity contribution is -0.136. The smallest absolute Gasteiger partial charge is 0.248 e. The largest absolute Gasteiger partial charge is 0.375 e. The topological polar surface area (TPSA) is 49.9 Å². The van der Waals surface area contributed by atoms with E-state index in [1.165, 1.54) is 6.42 Å². The summed E-state index contributed by atoms with van der Waals surface area (Å²) < 4.78 is 4.84. The van der Waals surface area contributed by atoms with Crippen molar-refractivity contribution in [2.24, 2.45) is 17.8 Å². The molecule has 2 amide bonds. The van der Waals surface area contributed by atoms with Crippen molar-refractivity contribution in [1.82, 2.24) is 9.80 Å². The van der Waals surface area contributed by atoms with Gasteiger partial charge in [-0.1, -0.05) is 34.6 Å². The summed E-state index contributed by atoms with van der Waals surface area (Å²) in [5.74, 6) is 2.58. The van der Waals surface area contributed by atoms with E-state index in [0.29, 0.717) is 11.8 Å². The van der Waals surface area contributed by atoms with Crippen LogP contribution in [0.4, 0.5) is 0 Å². The van der Waals surface area contributed by atoms with Crippen LogP contribution in [0.25, 0.3) is 0 Å². The Morgan fingerprint density at radius 1 is 1.16 bits per heavy atom. The fourth-order valence-corrected chi connectivity index (χ4v) is 3.13. The number of ether oxygens (including phenoxy) is 1. The van der Waals surface area contributed by atoms with E-state index >= 15 is 0 Å². The molecule has 5 heteroatoms. The molecule has 1 unspecified atom stereocenters. The Morgan fingerprint density at radius 3 is 2.12 bits per heavy atom. The number of methoxy groups -OCH3 is 1. The Labute approximate surface area is 155 Å². The summed E-state index contributed by atoms with van der Waals surface area (Å²) in [6.07, 6.45) is 4.21. The van der Waals surface area contributed by atoms with Crippen LogP contribution in [0.3, 0.4) is 0 Å². The van der Waals surface area contributed by atoms with Gasteiger partial charge in [-0.3, -0.25) is 9.59 Å². The molecule has 2 aliphatic heterocycles. The Balaban J connectivity index is 0.000000451. The van der Waals surface area contributed by atoms with E-state index in [4.69, 9.17) is 4.74 Å². The molecule has 2 aliphatic rings. The third-order valence-corrected chi connectivity index (χ3v) is 5.01. The van der Waals surface area contributed by atoms with Crippen LogP contribution in [0.2, 0.25) is 0 Å². The van der Waals surface area contributed by atoms with Gasteiger partial charge in [-0.2, -0.15) is 0 Å². The molecule has 2 fully saturated rings. The van der Waals surface area contributed by atoms with Crippen molar-refractivity contribution in [3.05, 3.63) is 0 Å². The first kappa shape index (κ1) is 23.9. The van der Waals surface area contributed by atoms with E-state index in [9.17, 15) is 9.59 Å². The van der Waals surface area contributed by atoms with E-state index in [-0.39, 0.29) is 12.5 Å². The molecule has 0 aliphatic carbocycles. The Morgan fingerprint density at radius 2 is 1.72 bits per heavy atom. The highest BCUT2D eigenvalue weighted by Crippen LogP contribution is 2.24. The van der Waals surface area contributed by atoms with Gasteiger partial charge < -0.3 is 14.5 Å². The monoisotopic (exact) mass is 356 g/mol. The van der Waals surface area contributed by atoms with E-state index in [0.717, 1.165) is 50.7 Å². The predicted octanol–water partition coefficient (Wildman–Crippen LogP) is 3.43. The van der Waals surface area contributed by atoms with Crippen molar-refractivity contribution >= 4 is 11.8 Å². The lowest BCUT2D eigenvalue weighted by Crippen LogP contribution is -2.41. The number of piperidine rings is 2. The SMILES string of the molecule is CC.CC1CCN(C)C(=O)C1.COCC(=O)N1CCC(C(C)C)CC1. The van der Waals surface area contributed by atoms with E-state index in [2.05, 4.69) is 20.8 Å². The summed E-state index contributed by atoms with van der Waals surface area (Å²) >= 11 is 0. The van der Waals surface area contributed by atoms with Gasteiger partial charge >= 0.3 is 0 Å². The van der Waals surface area contributed by atoms with Gasteiger partial charge in [-0.05, 0) is 37.0 Å². The van der Waals surface area contributed by atoms with E-state index in [1.54, 1.807) is 12.0 Å². The van der Waals surface area contributed by atoms with Crippen LogP contribution in [0, 0.1) is 17.8 Å². The molecule has 0 saturated carbocycles. The molecule has 148 valence electrons. The van der Waals surface area contributed by atoms with Crippen LogP contribution in [-0.2, 0) is 14.3 Å². The summed E-state index contributed by atoms with van der Waals surface area (Å²) in [5, 5.41) is 0. The first-order valence-electron chi connectivity index (χ1n) is 9.85. The van der Waals surface area contributed by atoms with Crippen molar-refractivity contribution < 1.29 is 14.3 Å². The second kappa shape index (κ2) is 13.2. The molecule has 0 N–H and O–H groups in total. The van der Waals surface area contributed by atoms with Crippen LogP contribution < -0.4 is 0 Å². The zero-order valence-corrected chi connectivity index (χ0v) is 17.5. The Hall–Kier alpha value is -1.10. The predicted molar refractivity (Wildman–Crippen MR) is 103 cm³/mol. The fraction of sp³-hybridized carbons (Fsp3) is 0.900. The van der Waals surface area contributed by atoms with Gasteiger partial charge in [0.05, 0.1) is 0 Å². The number of carbonyl (C=O) groups is 2. The second-order valence-electron chi connectivity index (χ2n) is 7.31. The second-order valence-corrected chi connectivity index (χ2v) is 7.31. The zero-order valence-electron chi connectivity index (χ0n) is 17.5. The highest BCUT2D eigenvalue weighted by Gasteiger charge is 2.24. The van der Waals surface area contributed by atoms with E-state index < -0.39 is 0 Å². The van der Waals surface area contributed by atoms with Crippen LogP contribution in [0.15, 0.2) is 0 Å². The number of likely N-dealkylation sites (tertiary alicyclic amines) is 2. The van der Waals surface area contributed by atoms with Crippen LogP contribution in [0.5, 0.6) is 0 Å². The zero-order chi connectivity index (χ0) is 19.4. The Kier molecular flexibility index (Phi) is 12.6. The Bertz CT molecular complexity index is 377. The van der Waals surface area contributed by atoms with Crippen molar-refractivity contribution in [2.45, 2.75) is 60.3 Å². The third kappa shape index (κ3) is 9.24. The van der Waals surface area contributed by atoms with Gasteiger partial charge in [-0.15, -0.1) is 0 Å². The molecule has 5 nitrogen and oxygen atoms in total. The van der Waals surface area contributed by atoms with Gasteiger partial charge in [0.15, 0.2) is 0 Å². The van der Waals surface area contributed by atoms with Crippen LogP contribution >= 0.6 is 0 Å². The normalized spacial score (nSPS) is 21.3. The third-order valence-electron chi connectivity index (χ3n) is 5.01. The van der Waals surface area contributed by atoms with Gasteiger partial charge in [0.1, 0.15) is 6.61 Å². The highest BCUT2D eigenvalue weighted by atomic mass is 16.5. The molecule has 0 radical (unpaired) electrons. The number of nitrogens with zero attached hydrogens (tertiary/aromatic N) is 2. The first-order chi connectivity index (χ1) is 11.8. The minimum Gasteiger partial charge on any atom is -0.375 e. The first-order valence-corrected chi connectivity index (χ1v) is 9.85. The van der Waals surface area contributed by atoms with Crippen molar-refractivity contribution in [1.29, 1.82) is 0 Å². The molecule has 0 aromatic heterocycles. The molecule has 0 bridgehead atoms.